The van der Waals surface area contributed by atoms with Crippen molar-refractivity contribution in [3.63, 3.8) is 0 Å². The average molecular weight is 410 g/mol. The summed E-state index contributed by atoms with van der Waals surface area (Å²) >= 11 is 0.503. The zero-order chi connectivity index (χ0) is 20.6. The van der Waals surface area contributed by atoms with Crippen LogP contribution in [0.5, 0.6) is 0 Å². The highest BCUT2D eigenvalue weighted by Gasteiger charge is 2.37. The summed E-state index contributed by atoms with van der Waals surface area (Å²) in [4.78, 5) is 21.5. The van der Waals surface area contributed by atoms with E-state index in [1.165, 1.54) is 0 Å². The lowest BCUT2D eigenvalue weighted by Crippen LogP contribution is -2.13. The fraction of sp³-hybridized carbons (Fsp3) is 0.125. The Kier molecular flexibility index (Phi) is 5.45. The second-order valence-corrected chi connectivity index (χ2v) is 6.27. The van der Waals surface area contributed by atoms with Crippen LogP contribution in [0.15, 0.2) is 46.2 Å². The van der Waals surface area contributed by atoms with E-state index >= 15 is 0 Å². The molecule has 0 spiro atoms. The Labute approximate surface area is 151 Å². The number of carboxylic acid groups (broad SMARTS) is 2. The van der Waals surface area contributed by atoms with Crippen LogP contribution in [-0.2, 0) is 12.4 Å². The lowest BCUT2D eigenvalue weighted by Gasteiger charge is -2.14. The van der Waals surface area contributed by atoms with Crippen LogP contribution in [0.2, 0.25) is 0 Å². The van der Waals surface area contributed by atoms with Crippen LogP contribution in [-0.4, -0.2) is 22.2 Å². The highest BCUT2D eigenvalue weighted by molar-refractivity contribution is 7.99. The van der Waals surface area contributed by atoms with Crippen LogP contribution in [0.3, 0.4) is 0 Å². The van der Waals surface area contributed by atoms with Gasteiger partial charge in [-0.3, -0.25) is 0 Å². The van der Waals surface area contributed by atoms with Gasteiger partial charge in [-0.2, -0.15) is 26.3 Å². The van der Waals surface area contributed by atoms with E-state index in [2.05, 4.69) is 0 Å². The Hall–Kier alpha value is -2.69. The van der Waals surface area contributed by atoms with E-state index < -0.39 is 46.5 Å². The molecule has 0 aliphatic carbocycles. The molecule has 0 saturated heterocycles. The van der Waals surface area contributed by atoms with Crippen molar-refractivity contribution in [2.24, 2.45) is 0 Å². The standard InChI is InChI=1S/C16H8F6O4S/c17-15(18,19)11-5-7(1-3-9(11)13(23)24)27-8-2-4-10(14(25)26)12(6-8)16(20,21)22/h1-6H,(H,23,24)(H,25,26). The Morgan fingerprint density at radius 2 is 1.04 bits per heavy atom. The lowest BCUT2D eigenvalue weighted by atomic mass is 10.1. The summed E-state index contributed by atoms with van der Waals surface area (Å²) in [6.07, 6.45) is -9.96. The molecule has 0 aliphatic heterocycles. The predicted octanol–water partition coefficient (Wildman–Crippen LogP) is 5.27. The third kappa shape index (κ3) is 4.73. The minimum absolute atomic E-state index is 0.163. The molecule has 0 radical (unpaired) electrons. The van der Waals surface area contributed by atoms with Gasteiger partial charge in [0.25, 0.3) is 0 Å². The first kappa shape index (κ1) is 20.6. The molecule has 11 heteroatoms. The molecule has 4 nitrogen and oxygen atoms in total. The van der Waals surface area contributed by atoms with Crippen molar-refractivity contribution >= 4 is 23.7 Å². The first-order valence-corrected chi connectivity index (χ1v) is 7.69. The second-order valence-electron chi connectivity index (χ2n) is 5.12. The molecule has 0 fully saturated rings. The van der Waals surface area contributed by atoms with Crippen LogP contribution in [0.4, 0.5) is 26.3 Å². The quantitative estimate of drug-likeness (QED) is 0.672. The van der Waals surface area contributed by atoms with Gasteiger partial charge < -0.3 is 10.2 Å². The van der Waals surface area contributed by atoms with Crippen molar-refractivity contribution in [3.05, 3.63) is 58.7 Å². The number of hydrogen-bond acceptors (Lipinski definition) is 3. The molecule has 144 valence electrons. The molecular weight excluding hydrogens is 402 g/mol. The van der Waals surface area contributed by atoms with Crippen LogP contribution < -0.4 is 0 Å². The number of halogens is 6. The minimum atomic E-state index is -4.98. The summed E-state index contributed by atoms with van der Waals surface area (Å²) in [5.41, 5.74) is -4.88. The van der Waals surface area contributed by atoms with E-state index in [1.54, 1.807) is 0 Å². The number of rotatable bonds is 4. The number of benzene rings is 2. The molecule has 2 rings (SSSR count). The first-order valence-electron chi connectivity index (χ1n) is 6.87. The van der Waals surface area contributed by atoms with Crippen LogP contribution >= 0.6 is 11.8 Å². The highest BCUT2D eigenvalue weighted by atomic mass is 32.2. The van der Waals surface area contributed by atoms with E-state index in [0.717, 1.165) is 12.1 Å². The van der Waals surface area contributed by atoms with Gasteiger partial charge in [-0.1, -0.05) is 11.8 Å². The molecule has 27 heavy (non-hydrogen) atoms. The summed E-state index contributed by atoms with van der Waals surface area (Å²) in [5.74, 6) is -3.60. The molecule has 2 aromatic rings. The van der Waals surface area contributed by atoms with Crippen molar-refractivity contribution in [3.8, 4) is 0 Å². The number of alkyl halides is 6. The first-order chi connectivity index (χ1) is 12.3. The fourth-order valence-electron chi connectivity index (χ4n) is 2.15. The summed E-state index contributed by atoms with van der Waals surface area (Å²) < 4.78 is 78.0. The van der Waals surface area contributed by atoms with E-state index in [4.69, 9.17) is 10.2 Å². The number of carbonyl (C=O) groups is 2. The highest BCUT2D eigenvalue weighted by Crippen LogP contribution is 2.39. The largest absolute Gasteiger partial charge is 0.478 e. The van der Waals surface area contributed by atoms with Crippen molar-refractivity contribution in [1.29, 1.82) is 0 Å². The van der Waals surface area contributed by atoms with E-state index in [9.17, 15) is 35.9 Å². The molecule has 2 N–H and O–H groups in total. The fourth-order valence-corrected chi connectivity index (χ4v) is 3.05. The van der Waals surface area contributed by atoms with Crippen molar-refractivity contribution in [2.75, 3.05) is 0 Å². The van der Waals surface area contributed by atoms with Crippen molar-refractivity contribution in [1.82, 2.24) is 0 Å². The Balaban J connectivity index is 2.49. The molecule has 0 atom stereocenters. The predicted molar refractivity (Wildman–Crippen MR) is 80.9 cm³/mol. The van der Waals surface area contributed by atoms with Gasteiger partial charge in [0.2, 0.25) is 0 Å². The Morgan fingerprint density at radius 1 is 0.704 bits per heavy atom. The van der Waals surface area contributed by atoms with Gasteiger partial charge in [0.05, 0.1) is 22.3 Å². The molecule has 0 aliphatic rings. The topological polar surface area (TPSA) is 74.6 Å². The Morgan fingerprint density at radius 3 is 1.30 bits per heavy atom. The van der Waals surface area contributed by atoms with E-state index in [-0.39, 0.29) is 9.79 Å². The van der Waals surface area contributed by atoms with Gasteiger partial charge in [0, 0.05) is 9.79 Å². The molecule has 0 aromatic heterocycles. The smallest absolute Gasteiger partial charge is 0.417 e. The van der Waals surface area contributed by atoms with E-state index in [0.29, 0.717) is 36.0 Å². The molecule has 0 amide bonds. The normalized spacial score (nSPS) is 12.1. The monoisotopic (exact) mass is 410 g/mol. The Bertz CT molecular complexity index is 831. The molecule has 0 unspecified atom stereocenters. The molecule has 0 saturated carbocycles. The maximum atomic E-state index is 13.0. The maximum absolute atomic E-state index is 13.0. The van der Waals surface area contributed by atoms with Crippen LogP contribution in [0.1, 0.15) is 31.8 Å². The zero-order valence-corrected chi connectivity index (χ0v) is 13.7. The zero-order valence-electron chi connectivity index (χ0n) is 12.9. The van der Waals surface area contributed by atoms with Crippen LogP contribution in [0, 0.1) is 0 Å². The van der Waals surface area contributed by atoms with Gasteiger partial charge >= 0.3 is 24.3 Å². The summed E-state index contributed by atoms with van der Waals surface area (Å²) in [5, 5.41) is 17.7. The molecule has 0 heterocycles. The van der Waals surface area contributed by atoms with Gasteiger partial charge in [-0.05, 0) is 36.4 Å². The minimum Gasteiger partial charge on any atom is -0.478 e. The summed E-state index contributed by atoms with van der Waals surface area (Å²) in [7, 11) is 0. The molecular formula is C16H8F6O4S. The lowest BCUT2D eigenvalue weighted by molar-refractivity contribution is -0.139. The van der Waals surface area contributed by atoms with Crippen molar-refractivity contribution < 1.29 is 46.1 Å². The summed E-state index contributed by atoms with van der Waals surface area (Å²) in [6, 6.07) is 4.44. The third-order valence-electron chi connectivity index (χ3n) is 3.29. The van der Waals surface area contributed by atoms with Gasteiger partial charge in [-0.25, -0.2) is 9.59 Å². The van der Waals surface area contributed by atoms with E-state index in [1.807, 2.05) is 0 Å². The van der Waals surface area contributed by atoms with Crippen molar-refractivity contribution in [2.45, 2.75) is 22.1 Å². The SMILES string of the molecule is O=C(O)c1ccc(Sc2ccc(C(=O)O)c(C(F)(F)F)c2)cc1C(F)(F)F. The van der Waals surface area contributed by atoms with Gasteiger partial charge in [0.15, 0.2) is 0 Å². The summed E-state index contributed by atoms with van der Waals surface area (Å²) in [6.45, 7) is 0. The third-order valence-corrected chi connectivity index (χ3v) is 4.27. The van der Waals surface area contributed by atoms with Gasteiger partial charge in [0.1, 0.15) is 0 Å². The number of hydrogen-bond donors (Lipinski definition) is 2. The molecule has 2 aromatic carbocycles. The molecule has 0 bridgehead atoms. The average Bonchev–Trinajstić information content (AvgIpc) is 2.52. The number of aromatic carboxylic acids is 2. The maximum Gasteiger partial charge on any atom is 0.417 e. The number of carboxylic acids is 2. The van der Waals surface area contributed by atoms with Crippen LogP contribution in [0.25, 0.3) is 0 Å². The second kappa shape index (κ2) is 7.14. The van der Waals surface area contributed by atoms with Gasteiger partial charge in [-0.15, -0.1) is 0 Å².